The number of rotatable bonds is 2. The van der Waals surface area contributed by atoms with Gasteiger partial charge in [0.05, 0.1) is 0 Å². The second-order valence-electron chi connectivity index (χ2n) is 3.16. The van der Waals surface area contributed by atoms with Gasteiger partial charge in [0, 0.05) is 21.7 Å². The molecule has 0 aliphatic heterocycles. The molecule has 1 aliphatic carbocycles. The first-order valence-corrected chi connectivity index (χ1v) is 4.61. The van der Waals surface area contributed by atoms with Crippen LogP contribution in [0.15, 0.2) is 48.6 Å². The molecule has 0 heterocycles. The summed E-state index contributed by atoms with van der Waals surface area (Å²) in [7, 11) is 0. The molecule has 0 radical (unpaired) electrons. The Bertz CT molecular complexity index is 426. The first-order valence-electron chi connectivity index (χ1n) is 4.61. The van der Waals surface area contributed by atoms with Crippen molar-refractivity contribution in [3.8, 4) is 5.75 Å². The molecule has 0 fully saturated rings. The van der Waals surface area contributed by atoms with Crippen molar-refractivity contribution in [1.29, 1.82) is 0 Å². The van der Waals surface area contributed by atoms with Crippen LogP contribution in [-0.4, -0.2) is 17.2 Å². The van der Waals surface area contributed by atoms with Gasteiger partial charge in [-0.15, -0.1) is 0 Å². The SMILES string of the molecule is O=C(OC1C=CC=C1)c1ccccc1O.[Ti]. The van der Waals surface area contributed by atoms with Gasteiger partial charge in [0.25, 0.3) is 0 Å². The van der Waals surface area contributed by atoms with Crippen molar-refractivity contribution in [2.75, 3.05) is 0 Å². The Kier molecular flexibility index (Phi) is 4.53. The number of phenols is 1. The molecule has 0 aromatic heterocycles. The van der Waals surface area contributed by atoms with E-state index in [1.807, 2.05) is 12.2 Å². The second kappa shape index (κ2) is 5.68. The Balaban J connectivity index is 0.00000128. The van der Waals surface area contributed by atoms with Crippen LogP contribution in [0.1, 0.15) is 10.4 Å². The van der Waals surface area contributed by atoms with Crippen LogP contribution in [-0.2, 0) is 26.5 Å². The van der Waals surface area contributed by atoms with Gasteiger partial charge in [-0.05, 0) is 24.3 Å². The molecule has 2 rings (SSSR count). The van der Waals surface area contributed by atoms with Gasteiger partial charge in [-0.2, -0.15) is 0 Å². The number of phenolic OH excluding ortho intramolecular Hbond substituents is 1. The van der Waals surface area contributed by atoms with E-state index in [0.29, 0.717) is 0 Å². The van der Waals surface area contributed by atoms with E-state index < -0.39 is 5.97 Å². The van der Waals surface area contributed by atoms with Crippen molar-refractivity contribution in [1.82, 2.24) is 0 Å². The van der Waals surface area contributed by atoms with Crippen LogP contribution in [0.25, 0.3) is 0 Å². The summed E-state index contributed by atoms with van der Waals surface area (Å²) in [6.07, 6.45) is 6.82. The maximum Gasteiger partial charge on any atom is 0.342 e. The predicted octanol–water partition coefficient (Wildman–Crippen LogP) is 2.04. The number of carbonyl (C=O) groups excluding carboxylic acids is 1. The Hall–Kier alpha value is -1.32. The van der Waals surface area contributed by atoms with Crippen LogP contribution in [0.2, 0.25) is 0 Å². The molecule has 0 amide bonds. The van der Waals surface area contributed by atoms with Crippen LogP contribution in [0, 0.1) is 0 Å². The monoisotopic (exact) mass is 250 g/mol. The van der Waals surface area contributed by atoms with Crippen molar-refractivity contribution in [3.63, 3.8) is 0 Å². The van der Waals surface area contributed by atoms with Gasteiger partial charge in [-0.25, -0.2) is 4.79 Å². The minimum absolute atomic E-state index is 0. The number of allylic oxidation sites excluding steroid dienone is 2. The van der Waals surface area contributed by atoms with Crippen molar-refractivity contribution < 1.29 is 36.4 Å². The van der Waals surface area contributed by atoms with E-state index >= 15 is 0 Å². The van der Waals surface area contributed by atoms with E-state index in [4.69, 9.17) is 4.74 Å². The Morgan fingerprint density at radius 2 is 1.81 bits per heavy atom. The maximum atomic E-state index is 11.6. The maximum absolute atomic E-state index is 11.6. The molecule has 0 unspecified atom stereocenters. The summed E-state index contributed by atoms with van der Waals surface area (Å²) in [6.45, 7) is 0. The van der Waals surface area contributed by atoms with Gasteiger partial charge in [0.2, 0.25) is 0 Å². The fraction of sp³-hybridized carbons (Fsp3) is 0.0833. The van der Waals surface area contributed by atoms with E-state index in [1.165, 1.54) is 12.1 Å². The Morgan fingerprint density at radius 1 is 1.19 bits per heavy atom. The van der Waals surface area contributed by atoms with Crippen LogP contribution >= 0.6 is 0 Å². The number of carbonyl (C=O) groups is 1. The molecule has 4 heteroatoms. The number of benzene rings is 1. The normalized spacial score (nSPS) is 13.5. The molecule has 80 valence electrons. The van der Waals surface area contributed by atoms with Gasteiger partial charge in [-0.3, -0.25) is 0 Å². The molecule has 0 saturated carbocycles. The Labute approximate surface area is 108 Å². The number of hydrogen-bond donors (Lipinski definition) is 1. The summed E-state index contributed by atoms with van der Waals surface area (Å²) >= 11 is 0. The van der Waals surface area contributed by atoms with E-state index in [0.717, 1.165) is 0 Å². The first-order chi connectivity index (χ1) is 7.27. The van der Waals surface area contributed by atoms with Gasteiger partial charge < -0.3 is 9.84 Å². The van der Waals surface area contributed by atoms with Crippen molar-refractivity contribution >= 4 is 5.97 Å². The summed E-state index contributed by atoms with van der Waals surface area (Å²) < 4.78 is 5.11. The molecule has 0 bridgehead atoms. The molecular formula is C12H10O3Ti. The van der Waals surface area contributed by atoms with Crippen molar-refractivity contribution in [2.45, 2.75) is 6.10 Å². The minimum Gasteiger partial charge on any atom is -0.507 e. The zero-order chi connectivity index (χ0) is 10.7. The third kappa shape index (κ3) is 2.84. The van der Waals surface area contributed by atoms with Gasteiger partial charge in [0.1, 0.15) is 17.4 Å². The summed E-state index contributed by atoms with van der Waals surface area (Å²) in [5.41, 5.74) is 0.186. The quantitative estimate of drug-likeness (QED) is 0.645. The van der Waals surface area contributed by atoms with E-state index in [-0.39, 0.29) is 39.1 Å². The van der Waals surface area contributed by atoms with Crippen molar-refractivity contribution in [2.24, 2.45) is 0 Å². The van der Waals surface area contributed by atoms with Gasteiger partial charge >= 0.3 is 5.97 Å². The number of esters is 1. The minimum atomic E-state index is -0.519. The van der Waals surface area contributed by atoms with Gasteiger partial charge in [0.15, 0.2) is 0 Å². The molecule has 0 saturated heterocycles. The average molecular weight is 250 g/mol. The Morgan fingerprint density at radius 3 is 2.44 bits per heavy atom. The average Bonchev–Trinajstić information content (AvgIpc) is 2.71. The summed E-state index contributed by atoms with van der Waals surface area (Å²) in [5.74, 6) is -0.581. The molecule has 0 spiro atoms. The van der Waals surface area contributed by atoms with Crippen LogP contribution < -0.4 is 0 Å². The smallest absolute Gasteiger partial charge is 0.342 e. The fourth-order valence-electron chi connectivity index (χ4n) is 1.32. The molecule has 1 N–H and O–H groups in total. The van der Waals surface area contributed by atoms with Crippen LogP contribution in [0.4, 0.5) is 0 Å². The van der Waals surface area contributed by atoms with E-state index in [9.17, 15) is 9.90 Å². The van der Waals surface area contributed by atoms with E-state index in [2.05, 4.69) is 0 Å². The zero-order valence-corrected chi connectivity index (χ0v) is 10.0. The predicted molar refractivity (Wildman–Crippen MR) is 55.6 cm³/mol. The standard InChI is InChI=1S/C12H10O3.Ti/c13-11-8-4-3-7-10(11)12(14)15-9-5-1-2-6-9;/h1-9,13H;. The molecule has 1 aromatic carbocycles. The molecule has 1 aromatic rings. The first kappa shape index (κ1) is 12.8. The summed E-state index contributed by atoms with van der Waals surface area (Å²) in [4.78, 5) is 11.6. The van der Waals surface area contributed by atoms with Gasteiger partial charge in [-0.1, -0.05) is 24.3 Å². The second-order valence-corrected chi connectivity index (χ2v) is 3.16. The largest absolute Gasteiger partial charge is 0.507 e. The van der Waals surface area contributed by atoms with Crippen LogP contribution in [0.5, 0.6) is 5.75 Å². The molecular weight excluding hydrogens is 240 g/mol. The third-order valence-electron chi connectivity index (χ3n) is 2.08. The molecule has 3 nitrogen and oxygen atoms in total. The molecule has 0 atom stereocenters. The number of hydrogen-bond acceptors (Lipinski definition) is 3. The molecule has 1 aliphatic rings. The zero-order valence-electron chi connectivity index (χ0n) is 8.46. The summed E-state index contributed by atoms with van der Waals surface area (Å²) in [5, 5.41) is 9.42. The topological polar surface area (TPSA) is 46.5 Å². The fourth-order valence-corrected chi connectivity index (χ4v) is 1.32. The number of ether oxygens (including phenoxy) is 1. The van der Waals surface area contributed by atoms with Crippen molar-refractivity contribution in [3.05, 3.63) is 54.1 Å². The number of para-hydroxylation sites is 1. The summed E-state index contributed by atoms with van der Waals surface area (Å²) in [6, 6.07) is 6.31. The van der Waals surface area contributed by atoms with Crippen LogP contribution in [0.3, 0.4) is 0 Å². The third-order valence-corrected chi connectivity index (χ3v) is 2.08. The number of aromatic hydroxyl groups is 1. The molecule has 16 heavy (non-hydrogen) atoms. The van der Waals surface area contributed by atoms with E-state index in [1.54, 1.807) is 24.3 Å².